The Balaban J connectivity index is 1.78. The number of Topliss-reactive ketones (excluding diaryl/α,β-unsaturated/α-hetero) is 1. The van der Waals surface area contributed by atoms with Crippen LogP contribution in [-0.4, -0.2) is 142 Å². The number of carbonyl (C=O) groups is 1. The van der Waals surface area contributed by atoms with E-state index in [2.05, 4.69) is 6.58 Å². The summed E-state index contributed by atoms with van der Waals surface area (Å²) >= 11 is -0.495. The van der Waals surface area contributed by atoms with Gasteiger partial charge in [-0.25, -0.2) is 17.6 Å². The molecule has 0 aliphatic rings. The summed E-state index contributed by atoms with van der Waals surface area (Å²) in [5.41, 5.74) is -0.249. The van der Waals surface area contributed by atoms with Crippen molar-refractivity contribution in [2.24, 2.45) is 0 Å². The number of ketones is 1. The molecule has 0 bridgehead atoms. The SMILES string of the molecule is C=C(C)CCOCCOCCOCCOCCOCCOCCOCCOCCOCCOCCC(=O)c1c(F)c(F)c(SO)c(F)c1F. The zero-order valence-corrected chi connectivity index (χ0v) is 28.9. The van der Waals surface area contributed by atoms with Crippen molar-refractivity contribution in [1.82, 2.24) is 0 Å². The average molecular weight is 735 g/mol. The van der Waals surface area contributed by atoms with Crippen molar-refractivity contribution in [2.45, 2.75) is 24.7 Å². The van der Waals surface area contributed by atoms with Gasteiger partial charge in [-0.3, -0.25) is 4.79 Å². The van der Waals surface area contributed by atoms with Crippen LogP contribution in [0.4, 0.5) is 17.6 Å². The first-order chi connectivity index (χ1) is 23.8. The summed E-state index contributed by atoms with van der Waals surface area (Å²) in [6, 6.07) is 0. The van der Waals surface area contributed by atoms with Crippen molar-refractivity contribution in [3.8, 4) is 0 Å². The van der Waals surface area contributed by atoms with E-state index >= 15 is 0 Å². The van der Waals surface area contributed by atoms with E-state index in [0.29, 0.717) is 106 Å². The summed E-state index contributed by atoms with van der Waals surface area (Å²) in [5.74, 6) is -8.60. The second-order valence-electron chi connectivity index (χ2n) is 10.1. The molecule has 0 amide bonds. The molecule has 1 rings (SSSR count). The van der Waals surface area contributed by atoms with E-state index < -0.39 is 58.0 Å². The molecule has 0 saturated carbocycles. The molecule has 0 aliphatic heterocycles. The number of rotatable bonds is 35. The lowest BCUT2D eigenvalue weighted by atomic mass is 10.1. The second kappa shape index (κ2) is 31.0. The van der Waals surface area contributed by atoms with Gasteiger partial charge in [0, 0.05) is 18.5 Å². The molecule has 12 nitrogen and oxygen atoms in total. The Labute approximate surface area is 289 Å². The molecule has 17 heteroatoms. The van der Waals surface area contributed by atoms with E-state index in [1.807, 2.05) is 6.92 Å². The van der Waals surface area contributed by atoms with Gasteiger partial charge in [0.2, 0.25) is 0 Å². The molecule has 0 atom stereocenters. The monoisotopic (exact) mass is 734 g/mol. The highest BCUT2D eigenvalue weighted by Gasteiger charge is 2.29. The van der Waals surface area contributed by atoms with Gasteiger partial charge in [0.25, 0.3) is 0 Å². The number of carbonyl (C=O) groups excluding carboxylic acids is 1. The van der Waals surface area contributed by atoms with E-state index in [9.17, 15) is 22.4 Å². The number of hydrogen-bond donors (Lipinski definition) is 1. The Bertz CT molecular complexity index is 996. The van der Waals surface area contributed by atoms with Gasteiger partial charge in [-0.15, -0.1) is 6.58 Å². The maximum atomic E-state index is 13.9. The zero-order valence-electron chi connectivity index (χ0n) is 28.1. The van der Waals surface area contributed by atoms with Crippen LogP contribution in [0.15, 0.2) is 17.0 Å². The van der Waals surface area contributed by atoms with Crippen LogP contribution < -0.4 is 0 Å². The minimum Gasteiger partial charge on any atom is -0.379 e. The molecule has 284 valence electrons. The van der Waals surface area contributed by atoms with Gasteiger partial charge in [-0.1, -0.05) is 5.57 Å². The third-order valence-electron chi connectivity index (χ3n) is 6.09. The highest BCUT2D eigenvalue weighted by Crippen LogP contribution is 2.30. The molecule has 0 unspecified atom stereocenters. The van der Waals surface area contributed by atoms with Crippen LogP contribution in [-0.2, 0) is 47.4 Å². The summed E-state index contributed by atoms with van der Waals surface area (Å²) in [6.07, 6.45) is 0.349. The molecular weight excluding hydrogens is 684 g/mol. The van der Waals surface area contributed by atoms with Gasteiger partial charge >= 0.3 is 0 Å². The fourth-order valence-electron chi connectivity index (χ4n) is 3.55. The van der Waals surface area contributed by atoms with Crippen LogP contribution in [0.2, 0.25) is 0 Å². The summed E-state index contributed by atoms with van der Waals surface area (Å²) in [7, 11) is 0. The maximum Gasteiger partial charge on any atom is 0.178 e. The normalized spacial score (nSPS) is 11.5. The molecule has 0 saturated heterocycles. The summed E-state index contributed by atoms with van der Waals surface area (Å²) in [6.45, 7) is 13.5. The van der Waals surface area contributed by atoms with Crippen LogP contribution in [0.25, 0.3) is 0 Å². The van der Waals surface area contributed by atoms with Crippen LogP contribution in [0.1, 0.15) is 30.1 Å². The third kappa shape index (κ3) is 22.6. The Morgan fingerprint density at radius 1 is 0.490 bits per heavy atom. The zero-order chi connectivity index (χ0) is 36.0. The van der Waals surface area contributed by atoms with Crippen molar-refractivity contribution in [1.29, 1.82) is 0 Å². The summed E-state index contributed by atoms with van der Waals surface area (Å²) in [4.78, 5) is 10.8. The lowest BCUT2D eigenvalue weighted by Crippen LogP contribution is -2.16. The molecule has 0 radical (unpaired) electrons. The quantitative estimate of drug-likeness (QED) is 0.0263. The van der Waals surface area contributed by atoms with E-state index in [-0.39, 0.29) is 26.4 Å². The number of halogens is 4. The maximum absolute atomic E-state index is 13.9. The van der Waals surface area contributed by atoms with Gasteiger partial charge in [0.05, 0.1) is 138 Å². The average Bonchev–Trinajstić information content (AvgIpc) is 3.08. The molecule has 1 N–H and O–H groups in total. The highest BCUT2D eigenvalue weighted by atomic mass is 32.2. The fraction of sp³-hybridized carbons (Fsp3) is 0.719. The molecule has 0 aromatic heterocycles. The van der Waals surface area contributed by atoms with Crippen LogP contribution in [0, 0.1) is 23.3 Å². The van der Waals surface area contributed by atoms with Crippen LogP contribution >= 0.6 is 12.0 Å². The predicted octanol–water partition coefficient (Wildman–Crippen LogP) is 4.51. The first-order valence-corrected chi connectivity index (χ1v) is 16.7. The number of benzene rings is 1. The Hall–Kier alpha value is -1.74. The molecule has 0 spiro atoms. The number of hydrogen-bond acceptors (Lipinski definition) is 13. The molecule has 0 fully saturated rings. The van der Waals surface area contributed by atoms with Crippen molar-refractivity contribution in [3.05, 3.63) is 41.0 Å². The van der Waals surface area contributed by atoms with Gasteiger partial charge in [-0.2, -0.15) is 0 Å². The largest absolute Gasteiger partial charge is 0.379 e. The fourth-order valence-corrected chi connectivity index (χ4v) is 3.89. The van der Waals surface area contributed by atoms with E-state index in [1.54, 1.807) is 0 Å². The van der Waals surface area contributed by atoms with Crippen LogP contribution in [0.5, 0.6) is 0 Å². The first-order valence-electron chi connectivity index (χ1n) is 15.9. The van der Waals surface area contributed by atoms with Crippen LogP contribution in [0.3, 0.4) is 0 Å². The summed E-state index contributed by atoms with van der Waals surface area (Å²) < 4.78 is 118. The van der Waals surface area contributed by atoms with E-state index in [0.717, 1.165) is 12.0 Å². The third-order valence-corrected chi connectivity index (χ3v) is 6.63. The van der Waals surface area contributed by atoms with Gasteiger partial charge < -0.3 is 51.9 Å². The highest BCUT2D eigenvalue weighted by molar-refractivity contribution is 7.93. The van der Waals surface area contributed by atoms with Gasteiger partial charge in [0.15, 0.2) is 29.1 Å². The number of ether oxygens (including phenoxy) is 10. The first kappa shape index (κ1) is 45.3. The molecule has 1 aromatic rings. The predicted molar refractivity (Wildman–Crippen MR) is 171 cm³/mol. The standard InChI is InChI=1S/C32H50F4O12S/c1-25(2)3-5-39-7-9-41-11-13-43-15-17-45-19-21-47-23-24-48-22-20-46-18-16-44-14-12-42-10-8-40-6-4-26(37)27-28(33)30(35)32(49-38)31(36)29(27)34/h38H,1,3-24H2,2H3. The smallest absolute Gasteiger partial charge is 0.178 e. The molecule has 0 aliphatic carbocycles. The van der Waals surface area contributed by atoms with Gasteiger partial charge in [0.1, 0.15) is 4.90 Å². The van der Waals surface area contributed by atoms with Gasteiger partial charge in [-0.05, 0) is 13.3 Å². The van der Waals surface area contributed by atoms with Crippen molar-refractivity contribution < 1.29 is 74.3 Å². The molecule has 49 heavy (non-hydrogen) atoms. The molecule has 1 aromatic carbocycles. The Morgan fingerprint density at radius 3 is 0.980 bits per heavy atom. The lowest BCUT2D eigenvalue weighted by Gasteiger charge is -2.10. The van der Waals surface area contributed by atoms with Crippen molar-refractivity contribution >= 4 is 17.8 Å². The lowest BCUT2D eigenvalue weighted by molar-refractivity contribution is -0.0263. The molecular formula is C32H50F4O12S. The minimum atomic E-state index is -1.87. The summed E-state index contributed by atoms with van der Waals surface area (Å²) in [5, 5.41) is 0. The van der Waals surface area contributed by atoms with Crippen molar-refractivity contribution in [2.75, 3.05) is 132 Å². The molecule has 0 heterocycles. The Kier molecular flexibility index (Phi) is 28.7. The van der Waals surface area contributed by atoms with Crippen molar-refractivity contribution in [3.63, 3.8) is 0 Å². The van der Waals surface area contributed by atoms with E-state index in [1.165, 1.54) is 0 Å². The topological polar surface area (TPSA) is 130 Å². The second-order valence-corrected chi connectivity index (χ2v) is 10.6. The Morgan fingerprint density at radius 2 is 0.735 bits per heavy atom. The minimum absolute atomic E-state index is 0.0733. The van der Waals surface area contributed by atoms with E-state index in [4.69, 9.17) is 51.9 Å².